The SMILES string of the molecule is NC1(c2cccc(Cl)c2)CCCCC1. The van der Waals surface area contributed by atoms with Gasteiger partial charge >= 0.3 is 0 Å². The summed E-state index contributed by atoms with van der Waals surface area (Å²) in [7, 11) is 0. The van der Waals surface area contributed by atoms with E-state index in [0.29, 0.717) is 0 Å². The minimum atomic E-state index is -0.122. The van der Waals surface area contributed by atoms with E-state index in [0.717, 1.165) is 17.9 Å². The van der Waals surface area contributed by atoms with Crippen molar-refractivity contribution >= 4 is 11.6 Å². The van der Waals surface area contributed by atoms with Crippen molar-refractivity contribution in [2.45, 2.75) is 37.6 Å². The van der Waals surface area contributed by atoms with E-state index in [9.17, 15) is 0 Å². The zero-order valence-electron chi connectivity index (χ0n) is 8.30. The van der Waals surface area contributed by atoms with Gasteiger partial charge in [-0.3, -0.25) is 0 Å². The van der Waals surface area contributed by atoms with E-state index < -0.39 is 0 Å². The average molecular weight is 210 g/mol. The topological polar surface area (TPSA) is 26.0 Å². The second-order valence-electron chi connectivity index (χ2n) is 4.23. The zero-order valence-corrected chi connectivity index (χ0v) is 9.06. The molecule has 0 spiro atoms. The van der Waals surface area contributed by atoms with E-state index >= 15 is 0 Å². The van der Waals surface area contributed by atoms with Gasteiger partial charge in [-0.05, 0) is 30.5 Å². The molecular formula is C12H16ClN. The molecule has 1 fully saturated rings. The molecule has 0 saturated heterocycles. The molecule has 2 N–H and O–H groups in total. The second-order valence-corrected chi connectivity index (χ2v) is 4.66. The van der Waals surface area contributed by atoms with E-state index in [-0.39, 0.29) is 5.54 Å². The van der Waals surface area contributed by atoms with Crippen molar-refractivity contribution in [1.29, 1.82) is 0 Å². The van der Waals surface area contributed by atoms with Gasteiger partial charge in [-0.15, -0.1) is 0 Å². The van der Waals surface area contributed by atoms with Crippen LogP contribution in [-0.4, -0.2) is 0 Å². The van der Waals surface area contributed by atoms with Crippen LogP contribution in [-0.2, 0) is 5.54 Å². The summed E-state index contributed by atoms with van der Waals surface area (Å²) < 4.78 is 0. The molecule has 1 aliphatic rings. The van der Waals surface area contributed by atoms with Crippen LogP contribution >= 0.6 is 11.6 Å². The minimum Gasteiger partial charge on any atom is -0.321 e. The van der Waals surface area contributed by atoms with Gasteiger partial charge in [0.05, 0.1) is 0 Å². The van der Waals surface area contributed by atoms with E-state index in [2.05, 4.69) is 6.07 Å². The highest BCUT2D eigenvalue weighted by molar-refractivity contribution is 6.30. The van der Waals surface area contributed by atoms with Gasteiger partial charge in [-0.2, -0.15) is 0 Å². The maximum atomic E-state index is 6.39. The fourth-order valence-electron chi connectivity index (χ4n) is 2.27. The van der Waals surface area contributed by atoms with Gasteiger partial charge in [0.25, 0.3) is 0 Å². The van der Waals surface area contributed by atoms with Crippen LogP contribution in [0.25, 0.3) is 0 Å². The summed E-state index contributed by atoms with van der Waals surface area (Å²) in [6.45, 7) is 0. The number of rotatable bonds is 1. The predicted octanol–water partition coefficient (Wildman–Crippen LogP) is 3.46. The molecule has 1 nitrogen and oxygen atoms in total. The molecule has 0 amide bonds. The van der Waals surface area contributed by atoms with Gasteiger partial charge in [-0.1, -0.05) is 43.0 Å². The molecule has 1 aromatic carbocycles. The first-order valence-electron chi connectivity index (χ1n) is 5.26. The van der Waals surface area contributed by atoms with Gasteiger partial charge in [0.1, 0.15) is 0 Å². The fourth-order valence-corrected chi connectivity index (χ4v) is 2.46. The lowest BCUT2D eigenvalue weighted by Crippen LogP contribution is -2.38. The third-order valence-electron chi connectivity index (χ3n) is 3.15. The van der Waals surface area contributed by atoms with Crippen molar-refractivity contribution in [2.24, 2.45) is 5.73 Å². The molecule has 1 saturated carbocycles. The average Bonchev–Trinajstić information content (AvgIpc) is 2.19. The third-order valence-corrected chi connectivity index (χ3v) is 3.38. The number of benzene rings is 1. The van der Waals surface area contributed by atoms with Crippen molar-refractivity contribution in [1.82, 2.24) is 0 Å². The summed E-state index contributed by atoms with van der Waals surface area (Å²) >= 11 is 5.97. The Bertz CT molecular complexity index is 316. The Morgan fingerprint density at radius 1 is 1.14 bits per heavy atom. The highest BCUT2D eigenvalue weighted by atomic mass is 35.5. The number of nitrogens with two attached hydrogens (primary N) is 1. The Morgan fingerprint density at radius 3 is 2.50 bits per heavy atom. The summed E-state index contributed by atoms with van der Waals surface area (Å²) in [6, 6.07) is 7.99. The Hall–Kier alpha value is -0.530. The maximum absolute atomic E-state index is 6.39. The standard InChI is InChI=1S/C12H16ClN/c13-11-6-4-5-10(9-11)12(14)7-2-1-3-8-12/h4-6,9H,1-3,7-8,14H2. The summed E-state index contributed by atoms with van der Waals surface area (Å²) in [5, 5.41) is 0.790. The second kappa shape index (κ2) is 3.92. The van der Waals surface area contributed by atoms with Crippen molar-refractivity contribution in [3.63, 3.8) is 0 Å². The van der Waals surface area contributed by atoms with Crippen LogP contribution in [0.5, 0.6) is 0 Å². The lowest BCUT2D eigenvalue weighted by Gasteiger charge is -2.34. The quantitative estimate of drug-likeness (QED) is 0.753. The molecule has 2 heteroatoms. The molecule has 0 unspecified atom stereocenters. The molecule has 0 bridgehead atoms. The summed E-state index contributed by atoms with van der Waals surface area (Å²) in [5.74, 6) is 0. The third kappa shape index (κ3) is 1.94. The van der Waals surface area contributed by atoms with E-state index in [1.54, 1.807) is 0 Å². The van der Waals surface area contributed by atoms with Crippen LogP contribution in [0.15, 0.2) is 24.3 Å². The predicted molar refractivity (Wildman–Crippen MR) is 60.4 cm³/mol. The summed E-state index contributed by atoms with van der Waals surface area (Å²) in [5.41, 5.74) is 7.47. The Labute approximate surface area is 90.3 Å². The normalized spacial score (nSPS) is 20.7. The highest BCUT2D eigenvalue weighted by Crippen LogP contribution is 2.35. The Kier molecular flexibility index (Phi) is 2.80. The molecule has 14 heavy (non-hydrogen) atoms. The molecule has 1 aromatic rings. The van der Waals surface area contributed by atoms with E-state index in [1.807, 2.05) is 18.2 Å². The van der Waals surface area contributed by atoms with Crippen LogP contribution in [0.1, 0.15) is 37.7 Å². The van der Waals surface area contributed by atoms with Crippen LogP contribution in [0, 0.1) is 0 Å². The molecule has 0 heterocycles. The largest absolute Gasteiger partial charge is 0.321 e. The fraction of sp³-hybridized carbons (Fsp3) is 0.500. The summed E-state index contributed by atoms with van der Waals surface area (Å²) in [6.07, 6.45) is 5.98. The van der Waals surface area contributed by atoms with Crippen molar-refractivity contribution in [3.8, 4) is 0 Å². The molecule has 0 atom stereocenters. The Morgan fingerprint density at radius 2 is 1.86 bits per heavy atom. The first kappa shape index (κ1) is 10.0. The molecule has 2 rings (SSSR count). The van der Waals surface area contributed by atoms with E-state index in [4.69, 9.17) is 17.3 Å². The lowest BCUT2D eigenvalue weighted by molar-refractivity contribution is 0.302. The molecule has 0 aromatic heterocycles. The molecule has 0 aliphatic heterocycles. The first-order valence-corrected chi connectivity index (χ1v) is 5.63. The number of halogens is 1. The molecule has 0 radical (unpaired) electrons. The lowest BCUT2D eigenvalue weighted by atomic mass is 9.77. The van der Waals surface area contributed by atoms with Gasteiger partial charge in [-0.25, -0.2) is 0 Å². The van der Waals surface area contributed by atoms with Crippen molar-refractivity contribution in [2.75, 3.05) is 0 Å². The van der Waals surface area contributed by atoms with Crippen LogP contribution < -0.4 is 5.73 Å². The molecular weight excluding hydrogens is 194 g/mol. The smallest absolute Gasteiger partial charge is 0.0410 e. The van der Waals surface area contributed by atoms with Gasteiger partial charge in [0.2, 0.25) is 0 Å². The van der Waals surface area contributed by atoms with E-state index in [1.165, 1.54) is 24.8 Å². The van der Waals surface area contributed by atoms with Crippen molar-refractivity contribution in [3.05, 3.63) is 34.9 Å². The first-order chi connectivity index (χ1) is 6.71. The van der Waals surface area contributed by atoms with Crippen LogP contribution in [0.3, 0.4) is 0 Å². The minimum absolute atomic E-state index is 0.122. The van der Waals surface area contributed by atoms with Crippen LogP contribution in [0.4, 0.5) is 0 Å². The molecule has 1 aliphatic carbocycles. The number of hydrogen-bond donors (Lipinski definition) is 1. The highest BCUT2D eigenvalue weighted by Gasteiger charge is 2.29. The number of hydrogen-bond acceptors (Lipinski definition) is 1. The Balaban J connectivity index is 2.28. The van der Waals surface area contributed by atoms with Gasteiger partial charge < -0.3 is 5.73 Å². The summed E-state index contributed by atoms with van der Waals surface area (Å²) in [4.78, 5) is 0. The maximum Gasteiger partial charge on any atom is 0.0410 e. The van der Waals surface area contributed by atoms with Crippen LogP contribution in [0.2, 0.25) is 5.02 Å². The zero-order chi connectivity index (χ0) is 10.0. The van der Waals surface area contributed by atoms with Crippen molar-refractivity contribution < 1.29 is 0 Å². The molecule has 76 valence electrons. The van der Waals surface area contributed by atoms with Gasteiger partial charge in [0.15, 0.2) is 0 Å². The van der Waals surface area contributed by atoms with Gasteiger partial charge in [0, 0.05) is 10.6 Å². The monoisotopic (exact) mass is 209 g/mol.